The number of thiazole rings is 1. The molecule has 1 aromatic carbocycles. The number of nitrogens with zero attached hydrogens (tertiary/aromatic N) is 5. The van der Waals surface area contributed by atoms with Crippen LogP contribution in [0.5, 0.6) is 0 Å². The van der Waals surface area contributed by atoms with E-state index in [4.69, 9.17) is 16.6 Å². The van der Waals surface area contributed by atoms with Crippen molar-refractivity contribution in [3.05, 3.63) is 79.1 Å². The monoisotopic (exact) mass is 439 g/mol. The largest absolute Gasteiger partial charge is 0.272 e. The van der Waals surface area contributed by atoms with E-state index in [1.165, 1.54) is 10.4 Å². The Morgan fingerprint density at radius 1 is 1.10 bits per heavy atom. The van der Waals surface area contributed by atoms with Gasteiger partial charge in [-0.2, -0.15) is 0 Å². The topological polar surface area (TPSA) is 56.0 Å². The van der Waals surface area contributed by atoms with E-state index < -0.39 is 0 Å². The summed E-state index contributed by atoms with van der Waals surface area (Å²) in [5.74, 6) is 1.74. The molecule has 1 aliphatic heterocycles. The third-order valence-electron chi connectivity index (χ3n) is 5.21. The van der Waals surface area contributed by atoms with Gasteiger partial charge in [0.2, 0.25) is 0 Å². The number of aromatic nitrogens is 4. The molecule has 0 radical (unpaired) electrons. The Bertz CT molecular complexity index is 1220. The first-order chi connectivity index (χ1) is 14.0. The molecule has 0 amide bonds. The molecule has 146 valence electrons. The van der Waals surface area contributed by atoms with Crippen LogP contribution in [0.25, 0.3) is 5.00 Å². The van der Waals surface area contributed by atoms with E-state index in [9.17, 15) is 0 Å². The quantitative estimate of drug-likeness (QED) is 0.423. The second-order valence-corrected chi connectivity index (χ2v) is 9.65. The molecule has 29 heavy (non-hydrogen) atoms. The van der Waals surface area contributed by atoms with Gasteiger partial charge in [0.05, 0.1) is 10.7 Å². The summed E-state index contributed by atoms with van der Waals surface area (Å²) in [5, 5.41) is 13.8. The van der Waals surface area contributed by atoms with Crippen LogP contribution in [0.1, 0.15) is 44.3 Å². The first-order valence-corrected chi connectivity index (χ1v) is 11.3. The van der Waals surface area contributed by atoms with Crippen LogP contribution < -0.4 is 0 Å². The van der Waals surface area contributed by atoms with Crippen molar-refractivity contribution in [1.29, 1.82) is 0 Å². The SMILES string of the molecule is Cc1sc2c(c1C)C(c1ccc(Cl)cc1)=N[C@@H](Cc1nccs1)c1nnc(C)n1-2. The number of rotatable bonds is 3. The molecule has 0 fully saturated rings. The van der Waals surface area contributed by atoms with E-state index in [1.807, 2.05) is 42.8 Å². The molecule has 1 atom stereocenters. The van der Waals surface area contributed by atoms with Crippen LogP contribution in [0.2, 0.25) is 5.02 Å². The Balaban J connectivity index is 1.78. The number of benzene rings is 1. The van der Waals surface area contributed by atoms with E-state index in [1.54, 1.807) is 22.7 Å². The zero-order chi connectivity index (χ0) is 20.1. The second-order valence-electron chi connectivity index (χ2n) is 7.03. The van der Waals surface area contributed by atoms with E-state index >= 15 is 0 Å². The van der Waals surface area contributed by atoms with E-state index in [2.05, 4.69) is 33.6 Å². The molecule has 3 aromatic heterocycles. The van der Waals surface area contributed by atoms with E-state index in [0.29, 0.717) is 11.4 Å². The molecule has 0 aliphatic carbocycles. The maximum atomic E-state index is 6.15. The van der Waals surface area contributed by atoms with Crippen molar-refractivity contribution < 1.29 is 0 Å². The highest BCUT2D eigenvalue weighted by molar-refractivity contribution is 7.15. The summed E-state index contributed by atoms with van der Waals surface area (Å²) in [5.41, 5.74) is 4.43. The van der Waals surface area contributed by atoms with Crippen LogP contribution >= 0.6 is 34.3 Å². The standard InChI is InChI=1S/C21H18ClN5S2/c1-11-12(2)29-21-18(11)19(14-4-6-15(22)7-5-14)24-16(10-17-23-8-9-28-17)20-26-25-13(3)27(20)21/h4-9,16H,10H2,1-3H3/t16-/m0/s1. The van der Waals surface area contributed by atoms with Gasteiger partial charge in [-0.05, 0) is 38.5 Å². The van der Waals surface area contributed by atoms with Gasteiger partial charge >= 0.3 is 0 Å². The molecule has 0 bridgehead atoms. The van der Waals surface area contributed by atoms with Crippen molar-refractivity contribution >= 4 is 40.0 Å². The Labute approximate surface area is 181 Å². The first kappa shape index (κ1) is 18.7. The fourth-order valence-corrected chi connectivity index (χ4v) is 5.65. The highest BCUT2D eigenvalue weighted by Gasteiger charge is 2.31. The Kier molecular flexibility index (Phi) is 4.61. The highest BCUT2D eigenvalue weighted by Crippen LogP contribution is 2.39. The molecular formula is C21H18ClN5S2. The summed E-state index contributed by atoms with van der Waals surface area (Å²) in [6, 6.07) is 7.75. The maximum absolute atomic E-state index is 6.15. The van der Waals surface area contributed by atoms with Gasteiger partial charge in [-0.3, -0.25) is 9.56 Å². The summed E-state index contributed by atoms with van der Waals surface area (Å²) in [4.78, 5) is 11.0. The molecule has 0 N–H and O–H groups in total. The predicted molar refractivity (Wildman–Crippen MR) is 119 cm³/mol. The number of thiophene rings is 1. The van der Waals surface area contributed by atoms with Crippen molar-refractivity contribution in [2.75, 3.05) is 0 Å². The summed E-state index contributed by atoms with van der Waals surface area (Å²) in [6.07, 6.45) is 2.53. The summed E-state index contributed by atoms with van der Waals surface area (Å²) >= 11 is 9.56. The van der Waals surface area contributed by atoms with Crippen LogP contribution in [0.4, 0.5) is 0 Å². The minimum Gasteiger partial charge on any atom is -0.272 e. The Morgan fingerprint density at radius 3 is 2.62 bits per heavy atom. The van der Waals surface area contributed by atoms with Crippen molar-refractivity contribution in [2.24, 2.45) is 4.99 Å². The predicted octanol–water partition coefficient (Wildman–Crippen LogP) is 5.50. The molecule has 0 unspecified atom stereocenters. The molecule has 0 saturated heterocycles. The summed E-state index contributed by atoms with van der Waals surface area (Å²) < 4.78 is 2.17. The van der Waals surface area contributed by atoms with Gasteiger partial charge < -0.3 is 0 Å². The molecule has 8 heteroatoms. The van der Waals surface area contributed by atoms with Crippen LogP contribution in [-0.4, -0.2) is 25.5 Å². The molecule has 0 saturated carbocycles. The van der Waals surface area contributed by atoms with E-state index in [0.717, 1.165) is 38.5 Å². The summed E-state index contributed by atoms with van der Waals surface area (Å²) in [6.45, 7) is 6.32. The molecule has 5 rings (SSSR count). The van der Waals surface area contributed by atoms with Crippen LogP contribution in [-0.2, 0) is 6.42 Å². The van der Waals surface area contributed by atoms with Crippen molar-refractivity contribution in [2.45, 2.75) is 33.2 Å². The fourth-order valence-electron chi connectivity index (χ4n) is 3.65. The van der Waals surface area contributed by atoms with Crippen molar-refractivity contribution in [1.82, 2.24) is 19.7 Å². The van der Waals surface area contributed by atoms with Gasteiger partial charge in [0, 0.05) is 39.0 Å². The highest BCUT2D eigenvalue weighted by atomic mass is 35.5. The van der Waals surface area contributed by atoms with Gasteiger partial charge in [0.1, 0.15) is 16.9 Å². The number of hydrogen-bond acceptors (Lipinski definition) is 6. The Morgan fingerprint density at radius 2 is 1.90 bits per heavy atom. The van der Waals surface area contributed by atoms with Crippen LogP contribution in [0.15, 0.2) is 40.8 Å². The number of halogens is 1. The average Bonchev–Trinajstić information content (AvgIpc) is 3.39. The zero-order valence-electron chi connectivity index (χ0n) is 16.2. The van der Waals surface area contributed by atoms with E-state index in [-0.39, 0.29) is 6.04 Å². The minimum absolute atomic E-state index is 0.160. The number of hydrogen-bond donors (Lipinski definition) is 0. The Hall–Kier alpha value is -2.35. The maximum Gasteiger partial charge on any atom is 0.163 e. The van der Waals surface area contributed by atoms with Crippen molar-refractivity contribution in [3.8, 4) is 5.00 Å². The van der Waals surface area contributed by atoms with Crippen LogP contribution in [0.3, 0.4) is 0 Å². The molecule has 5 nitrogen and oxygen atoms in total. The average molecular weight is 440 g/mol. The third kappa shape index (κ3) is 3.13. The van der Waals surface area contributed by atoms with Gasteiger partial charge in [0.25, 0.3) is 0 Å². The van der Waals surface area contributed by atoms with Crippen molar-refractivity contribution in [3.63, 3.8) is 0 Å². The van der Waals surface area contributed by atoms with Gasteiger partial charge in [-0.1, -0.05) is 23.7 Å². The number of fused-ring (bicyclic) bond motifs is 3. The normalized spacial score (nSPS) is 15.6. The molecular weight excluding hydrogens is 422 g/mol. The molecule has 4 heterocycles. The van der Waals surface area contributed by atoms with Gasteiger partial charge in [-0.15, -0.1) is 32.9 Å². The summed E-state index contributed by atoms with van der Waals surface area (Å²) in [7, 11) is 0. The first-order valence-electron chi connectivity index (χ1n) is 9.27. The lowest BCUT2D eigenvalue weighted by molar-refractivity contribution is 0.655. The lowest BCUT2D eigenvalue weighted by Crippen LogP contribution is -2.09. The molecule has 0 spiro atoms. The van der Waals surface area contributed by atoms with Crippen LogP contribution in [0, 0.1) is 20.8 Å². The molecule has 4 aromatic rings. The lowest BCUT2D eigenvalue weighted by Gasteiger charge is -2.11. The van der Waals surface area contributed by atoms with Gasteiger partial charge in [0.15, 0.2) is 5.82 Å². The second kappa shape index (κ2) is 7.16. The zero-order valence-corrected chi connectivity index (χ0v) is 18.6. The lowest BCUT2D eigenvalue weighted by atomic mass is 9.99. The smallest absolute Gasteiger partial charge is 0.163 e. The number of aryl methyl sites for hydroxylation is 2. The van der Waals surface area contributed by atoms with Gasteiger partial charge in [-0.25, -0.2) is 4.98 Å². The molecule has 1 aliphatic rings. The third-order valence-corrected chi connectivity index (χ3v) is 7.45. The minimum atomic E-state index is -0.160. The fraction of sp³-hybridized carbons (Fsp3) is 0.238. The number of aliphatic imine (C=N–C) groups is 1.